The molecule has 0 radical (unpaired) electrons. The van der Waals surface area contributed by atoms with Gasteiger partial charge in [-0.1, -0.05) is 166 Å². The average Bonchev–Trinajstić information content (AvgIpc) is 3.80. The fraction of sp³-hybridized carbons (Fsp3) is 0.0909. The second-order valence-corrected chi connectivity index (χ2v) is 21.7. The number of anilines is 5. The van der Waals surface area contributed by atoms with E-state index in [0.717, 1.165) is 22.5 Å². The van der Waals surface area contributed by atoms with E-state index in [1.807, 2.05) is 0 Å². The maximum atomic E-state index is 7.25. The van der Waals surface area contributed by atoms with Gasteiger partial charge in [0.25, 0.3) is 0 Å². The van der Waals surface area contributed by atoms with E-state index in [9.17, 15) is 0 Å². The standard InChI is InChI=1S/C55H41BN2OSi/c1-34-31-42-39-22-16-28-50-53(39)58(44-23-11-15-27-49(44)60(50)47-25-13-9-19-37(47)38-20-10-14-26-48(38)60)56-51(42)45(32-34)57(54-52(56)40-21-8-12-24-46(40)59-54)43-30-29-36(55(2,3)4)33-41(43)35-17-6-5-7-18-35/h5-33H,1-4H3. The van der Waals surface area contributed by atoms with Crippen molar-refractivity contribution >= 4 is 86.2 Å². The van der Waals surface area contributed by atoms with Crippen LogP contribution < -0.4 is 41.4 Å². The highest BCUT2D eigenvalue weighted by molar-refractivity contribution is 7.24. The summed E-state index contributed by atoms with van der Waals surface area (Å²) in [5.41, 5.74) is 18.6. The zero-order valence-corrected chi connectivity index (χ0v) is 35.1. The number of fused-ring (bicyclic) bond motifs is 15. The van der Waals surface area contributed by atoms with Crippen LogP contribution in [-0.2, 0) is 5.41 Å². The Hall–Kier alpha value is -6.82. The first kappa shape index (κ1) is 34.1. The molecule has 60 heavy (non-hydrogen) atoms. The fourth-order valence-corrected chi connectivity index (χ4v) is 17.0. The number of hydrogen-bond donors (Lipinski definition) is 0. The van der Waals surface area contributed by atoms with Crippen LogP contribution >= 0.6 is 0 Å². The molecular formula is C55H41BN2OSi. The van der Waals surface area contributed by atoms with Crippen LogP contribution in [0, 0.1) is 6.92 Å². The third-order valence-electron chi connectivity index (χ3n) is 13.8. The Kier molecular flexibility index (Phi) is 6.76. The molecule has 8 aromatic carbocycles. The predicted octanol–water partition coefficient (Wildman–Crippen LogP) is 10.1. The van der Waals surface area contributed by atoms with Crippen LogP contribution in [0.1, 0.15) is 31.9 Å². The second kappa shape index (κ2) is 11.9. The van der Waals surface area contributed by atoms with Crippen LogP contribution in [-0.4, -0.2) is 14.9 Å². The second-order valence-electron chi connectivity index (χ2n) is 18.1. The largest absolute Gasteiger partial charge is 0.440 e. The van der Waals surface area contributed by atoms with Gasteiger partial charge in [0.15, 0.2) is 8.07 Å². The zero-order chi connectivity index (χ0) is 40.1. The Morgan fingerprint density at radius 2 is 1.15 bits per heavy atom. The number of hydrogen-bond acceptors (Lipinski definition) is 3. The van der Waals surface area contributed by atoms with Crippen molar-refractivity contribution < 1.29 is 4.42 Å². The molecule has 1 spiro atoms. The molecule has 0 amide bonds. The maximum Gasteiger partial charge on any atom is 0.337 e. The van der Waals surface area contributed by atoms with Crippen LogP contribution in [0.3, 0.4) is 0 Å². The Morgan fingerprint density at radius 1 is 0.500 bits per heavy atom. The molecule has 0 bridgehead atoms. The summed E-state index contributed by atoms with van der Waals surface area (Å²) in [5.74, 6) is 0.887. The Morgan fingerprint density at radius 3 is 1.92 bits per heavy atom. The van der Waals surface area contributed by atoms with Crippen LogP contribution in [0.5, 0.6) is 0 Å². The summed E-state index contributed by atoms with van der Waals surface area (Å²) in [7, 11) is -2.77. The van der Waals surface area contributed by atoms with Gasteiger partial charge in [-0.2, -0.15) is 0 Å². The van der Waals surface area contributed by atoms with Gasteiger partial charge in [-0.15, -0.1) is 0 Å². The van der Waals surface area contributed by atoms with Crippen LogP contribution in [0.25, 0.3) is 44.3 Å². The molecule has 0 saturated heterocycles. The maximum absolute atomic E-state index is 7.25. The lowest BCUT2D eigenvalue weighted by Crippen LogP contribution is -2.78. The molecule has 284 valence electrons. The van der Waals surface area contributed by atoms with E-state index in [-0.39, 0.29) is 12.3 Å². The number of rotatable bonds is 2. The highest BCUT2D eigenvalue weighted by Crippen LogP contribution is 2.51. The minimum absolute atomic E-state index is 0.0217. The number of benzene rings is 8. The van der Waals surface area contributed by atoms with Crippen molar-refractivity contribution in [3.63, 3.8) is 0 Å². The third kappa shape index (κ3) is 4.25. The number of nitrogens with zero attached hydrogens (tertiary/aromatic N) is 2. The van der Waals surface area contributed by atoms with E-state index in [2.05, 4.69) is 213 Å². The van der Waals surface area contributed by atoms with Crippen molar-refractivity contribution in [2.75, 3.05) is 9.71 Å². The van der Waals surface area contributed by atoms with Gasteiger partial charge < -0.3 is 9.23 Å². The first-order valence-corrected chi connectivity index (χ1v) is 23.2. The summed E-state index contributed by atoms with van der Waals surface area (Å²) in [6.07, 6.45) is 0. The number of para-hydroxylation sites is 3. The van der Waals surface area contributed by atoms with Gasteiger partial charge in [-0.05, 0) is 102 Å². The van der Waals surface area contributed by atoms with E-state index in [4.69, 9.17) is 4.42 Å². The smallest absolute Gasteiger partial charge is 0.337 e. The van der Waals surface area contributed by atoms with Crippen molar-refractivity contribution in [2.45, 2.75) is 33.1 Å². The molecule has 0 aliphatic carbocycles. The molecule has 0 saturated carbocycles. The first-order valence-electron chi connectivity index (χ1n) is 21.2. The van der Waals surface area contributed by atoms with Crippen molar-refractivity contribution in [3.8, 4) is 33.4 Å². The molecule has 13 rings (SSSR count). The lowest BCUT2D eigenvalue weighted by molar-refractivity contribution is 0.590. The van der Waals surface area contributed by atoms with Gasteiger partial charge in [-0.3, -0.25) is 4.90 Å². The van der Waals surface area contributed by atoms with Crippen LogP contribution in [0.15, 0.2) is 180 Å². The van der Waals surface area contributed by atoms with E-state index < -0.39 is 8.07 Å². The van der Waals surface area contributed by atoms with E-state index in [1.54, 1.807) is 0 Å². The van der Waals surface area contributed by atoms with E-state index in [0.29, 0.717) is 0 Å². The number of furan rings is 1. The summed E-state index contributed by atoms with van der Waals surface area (Å²) in [6, 6.07) is 66.6. The van der Waals surface area contributed by atoms with Crippen LogP contribution in [0.2, 0.25) is 0 Å². The lowest BCUT2D eigenvalue weighted by atomic mass is 9.43. The normalized spacial score (nSPS) is 14.7. The first-order chi connectivity index (χ1) is 29.3. The summed E-state index contributed by atoms with van der Waals surface area (Å²) in [5, 5.41) is 7.04. The highest BCUT2D eigenvalue weighted by atomic mass is 28.3. The molecule has 1 aromatic heterocycles. The molecule has 5 heteroatoms. The topological polar surface area (TPSA) is 19.6 Å². The van der Waals surface area contributed by atoms with Crippen LogP contribution in [0.4, 0.5) is 28.6 Å². The van der Waals surface area contributed by atoms with Gasteiger partial charge in [0, 0.05) is 39.0 Å². The molecule has 5 heterocycles. The lowest BCUT2D eigenvalue weighted by Gasteiger charge is -2.51. The van der Waals surface area contributed by atoms with E-state index >= 15 is 0 Å². The molecular weight excluding hydrogens is 744 g/mol. The Balaban J connectivity index is 1.17. The fourth-order valence-electron chi connectivity index (χ4n) is 11.4. The average molecular weight is 785 g/mol. The predicted molar refractivity (Wildman–Crippen MR) is 255 cm³/mol. The van der Waals surface area contributed by atoms with Gasteiger partial charge in [-0.25, -0.2) is 0 Å². The van der Waals surface area contributed by atoms with Gasteiger partial charge in [0.1, 0.15) is 5.58 Å². The monoisotopic (exact) mass is 784 g/mol. The third-order valence-corrected chi connectivity index (χ3v) is 18.8. The molecule has 0 fully saturated rings. The summed E-state index contributed by atoms with van der Waals surface area (Å²) < 4.78 is 7.25. The number of aryl methyl sites for hydroxylation is 1. The quantitative estimate of drug-likeness (QED) is 0.163. The minimum Gasteiger partial charge on any atom is -0.440 e. The summed E-state index contributed by atoms with van der Waals surface area (Å²) in [6.45, 7) is 9.03. The highest BCUT2D eigenvalue weighted by Gasteiger charge is 2.58. The van der Waals surface area contributed by atoms with Gasteiger partial charge in [0.05, 0.1) is 5.69 Å². The summed E-state index contributed by atoms with van der Waals surface area (Å²) >= 11 is 0. The van der Waals surface area contributed by atoms with Crippen molar-refractivity contribution in [2.24, 2.45) is 0 Å². The van der Waals surface area contributed by atoms with Crippen molar-refractivity contribution in [1.29, 1.82) is 0 Å². The Labute approximate surface area is 352 Å². The summed E-state index contributed by atoms with van der Waals surface area (Å²) in [4.78, 5) is 5.18. The Bertz CT molecular complexity index is 3260. The molecule has 3 nitrogen and oxygen atoms in total. The molecule has 9 aromatic rings. The molecule has 0 N–H and O–H groups in total. The molecule has 0 unspecified atom stereocenters. The minimum atomic E-state index is -2.77. The molecule has 0 atom stereocenters. The van der Waals surface area contributed by atoms with Crippen molar-refractivity contribution in [1.82, 2.24) is 0 Å². The SMILES string of the molecule is Cc1cc2c3c(c1)N(c1ccc(C(C)(C)C)cc1-c1ccccc1)c1oc4ccccc4c1B3N1c3ccccc3[Si]3(c4ccccc4-c4ccccc43)c3cccc-2c31. The molecule has 4 aliphatic rings. The van der Waals surface area contributed by atoms with Gasteiger partial charge in [0.2, 0.25) is 5.88 Å². The van der Waals surface area contributed by atoms with E-state index in [1.165, 1.54) is 93.2 Å². The zero-order valence-electron chi connectivity index (χ0n) is 34.1. The molecule has 4 aliphatic heterocycles. The van der Waals surface area contributed by atoms with Gasteiger partial charge >= 0.3 is 6.85 Å². The van der Waals surface area contributed by atoms with Crippen molar-refractivity contribution in [3.05, 3.63) is 187 Å².